The van der Waals surface area contributed by atoms with Crippen LogP contribution in [-0.2, 0) is 4.74 Å². The van der Waals surface area contributed by atoms with Gasteiger partial charge in [0, 0.05) is 49.9 Å². The topological polar surface area (TPSA) is 115 Å². The standard InChI is InChI=1S/C25H30ClN7O2/c1-14-21-24(28)29-13-30-25(21)33(31-14)15(2)18-8-20(26)19(9-27)22(23(18)34-3)17-11-32(12-17)10-16-4-6-35-7-5-16/h8,13,15-17H,4-7,10-12H2,1-3H3,(H2,28,29,30)/t15-/m0/s1. The molecule has 5 rings (SSSR count). The molecule has 0 bridgehead atoms. The van der Waals surface area contributed by atoms with E-state index in [1.165, 1.54) is 6.33 Å². The van der Waals surface area contributed by atoms with Crippen molar-refractivity contribution < 1.29 is 9.47 Å². The second kappa shape index (κ2) is 9.61. The number of hydrogen-bond donors (Lipinski definition) is 1. The van der Waals surface area contributed by atoms with Gasteiger partial charge >= 0.3 is 0 Å². The van der Waals surface area contributed by atoms with Crippen LogP contribution in [-0.4, -0.2) is 64.6 Å². The molecule has 35 heavy (non-hydrogen) atoms. The maximum Gasteiger partial charge on any atom is 0.164 e. The summed E-state index contributed by atoms with van der Waals surface area (Å²) in [7, 11) is 1.65. The number of ether oxygens (including phenoxy) is 2. The van der Waals surface area contributed by atoms with Crippen molar-refractivity contribution in [3.63, 3.8) is 0 Å². The normalized spacial score (nSPS) is 18.4. The van der Waals surface area contributed by atoms with Gasteiger partial charge in [0.25, 0.3) is 0 Å². The Morgan fingerprint density at radius 2 is 2.06 bits per heavy atom. The van der Waals surface area contributed by atoms with E-state index in [1.54, 1.807) is 7.11 Å². The van der Waals surface area contributed by atoms with Crippen LogP contribution in [0.2, 0.25) is 5.02 Å². The molecule has 2 aromatic heterocycles. The fraction of sp³-hybridized carbons (Fsp3) is 0.520. The van der Waals surface area contributed by atoms with E-state index in [0.717, 1.165) is 67.9 Å². The summed E-state index contributed by atoms with van der Waals surface area (Å²) in [5.41, 5.74) is 9.74. The number of benzene rings is 1. The molecule has 2 aliphatic rings. The van der Waals surface area contributed by atoms with Gasteiger partial charge in [-0.1, -0.05) is 11.6 Å². The van der Waals surface area contributed by atoms with Crippen LogP contribution in [0.25, 0.3) is 11.0 Å². The van der Waals surface area contributed by atoms with Gasteiger partial charge < -0.3 is 20.1 Å². The number of likely N-dealkylation sites (tertiary alicyclic amines) is 1. The number of halogens is 1. The number of nitriles is 1. The summed E-state index contributed by atoms with van der Waals surface area (Å²) in [5, 5.41) is 15.8. The van der Waals surface area contributed by atoms with Crippen molar-refractivity contribution in [2.45, 2.75) is 38.6 Å². The molecular weight excluding hydrogens is 466 g/mol. The molecule has 0 saturated carbocycles. The van der Waals surface area contributed by atoms with E-state index in [-0.39, 0.29) is 12.0 Å². The van der Waals surface area contributed by atoms with E-state index in [4.69, 9.17) is 31.9 Å². The molecule has 10 heteroatoms. The Labute approximate surface area is 209 Å². The van der Waals surface area contributed by atoms with Crippen molar-refractivity contribution in [1.29, 1.82) is 5.26 Å². The zero-order chi connectivity index (χ0) is 24.7. The van der Waals surface area contributed by atoms with Crippen LogP contribution in [0.15, 0.2) is 12.4 Å². The molecule has 0 aliphatic carbocycles. The minimum absolute atomic E-state index is 0.179. The minimum atomic E-state index is -0.252. The Morgan fingerprint density at radius 3 is 2.74 bits per heavy atom. The predicted octanol–water partition coefficient (Wildman–Crippen LogP) is 3.69. The summed E-state index contributed by atoms with van der Waals surface area (Å²) in [6.07, 6.45) is 3.66. The van der Waals surface area contributed by atoms with Crippen molar-refractivity contribution in [1.82, 2.24) is 24.6 Å². The SMILES string of the molecule is COc1c([C@H](C)n2nc(C)c3c(N)ncnc32)cc(Cl)c(C#N)c1C1CN(CC2CCOCC2)C1. The molecule has 9 nitrogen and oxygen atoms in total. The quantitative estimate of drug-likeness (QED) is 0.550. The third-order valence-corrected chi connectivity index (χ3v) is 7.64. The Hall–Kier alpha value is -2.93. The number of nitrogens with two attached hydrogens (primary N) is 1. The van der Waals surface area contributed by atoms with Crippen LogP contribution in [0.5, 0.6) is 5.75 Å². The molecule has 0 radical (unpaired) electrons. The predicted molar refractivity (Wildman–Crippen MR) is 134 cm³/mol. The summed E-state index contributed by atoms with van der Waals surface area (Å²) in [6.45, 7) is 8.43. The first-order chi connectivity index (χ1) is 16.9. The molecule has 1 aromatic carbocycles. The Balaban J connectivity index is 1.49. The molecular formula is C25H30ClN7O2. The van der Waals surface area contributed by atoms with Crippen LogP contribution in [0.1, 0.15) is 54.1 Å². The first kappa shape index (κ1) is 23.8. The highest BCUT2D eigenvalue weighted by atomic mass is 35.5. The first-order valence-corrected chi connectivity index (χ1v) is 12.4. The second-order valence-corrected chi connectivity index (χ2v) is 9.92. The Morgan fingerprint density at radius 1 is 1.31 bits per heavy atom. The molecule has 2 aliphatic heterocycles. The molecule has 2 saturated heterocycles. The number of fused-ring (bicyclic) bond motifs is 1. The monoisotopic (exact) mass is 495 g/mol. The van der Waals surface area contributed by atoms with Crippen LogP contribution < -0.4 is 10.5 Å². The maximum absolute atomic E-state index is 9.97. The molecule has 2 N–H and O–H groups in total. The number of nitrogen functional groups attached to an aromatic ring is 1. The summed E-state index contributed by atoms with van der Waals surface area (Å²) < 4.78 is 13.3. The van der Waals surface area contributed by atoms with Crippen LogP contribution in [0, 0.1) is 24.2 Å². The Bertz CT molecular complexity index is 1290. The maximum atomic E-state index is 9.97. The number of hydrogen-bond acceptors (Lipinski definition) is 8. The van der Waals surface area contributed by atoms with Gasteiger partial charge in [0.2, 0.25) is 0 Å². The zero-order valence-electron chi connectivity index (χ0n) is 20.3. The van der Waals surface area contributed by atoms with E-state index < -0.39 is 0 Å². The number of nitrogens with zero attached hydrogens (tertiary/aromatic N) is 6. The van der Waals surface area contributed by atoms with Crippen molar-refractivity contribution in [3.8, 4) is 11.8 Å². The van der Waals surface area contributed by atoms with Gasteiger partial charge in [-0.3, -0.25) is 0 Å². The first-order valence-electron chi connectivity index (χ1n) is 12.0. The zero-order valence-corrected chi connectivity index (χ0v) is 21.0. The number of rotatable bonds is 6. The average molecular weight is 496 g/mol. The van der Waals surface area contributed by atoms with E-state index >= 15 is 0 Å². The average Bonchev–Trinajstić information content (AvgIpc) is 3.18. The number of methoxy groups -OCH3 is 1. The molecule has 184 valence electrons. The second-order valence-electron chi connectivity index (χ2n) is 9.52. The highest BCUT2D eigenvalue weighted by Gasteiger charge is 2.36. The van der Waals surface area contributed by atoms with Gasteiger partial charge in [0.1, 0.15) is 24.0 Å². The largest absolute Gasteiger partial charge is 0.496 e. The third-order valence-electron chi connectivity index (χ3n) is 7.35. The smallest absolute Gasteiger partial charge is 0.164 e. The highest BCUT2D eigenvalue weighted by molar-refractivity contribution is 6.32. The summed E-state index contributed by atoms with van der Waals surface area (Å²) in [5.74, 6) is 1.94. The molecule has 2 fully saturated rings. The van der Waals surface area contributed by atoms with Gasteiger partial charge in [0.15, 0.2) is 5.65 Å². The third kappa shape index (κ3) is 4.20. The van der Waals surface area contributed by atoms with Gasteiger partial charge in [-0.15, -0.1) is 0 Å². The van der Waals surface area contributed by atoms with E-state index in [1.807, 2.05) is 24.6 Å². The van der Waals surface area contributed by atoms with Gasteiger partial charge in [-0.05, 0) is 38.7 Å². The minimum Gasteiger partial charge on any atom is -0.496 e. The summed E-state index contributed by atoms with van der Waals surface area (Å²) in [6, 6.07) is 3.89. The summed E-state index contributed by atoms with van der Waals surface area (Å²) >= 11 is 6.68. The number of anilines is 1. The van der Waals surface area contributed by atoms with Crippen LogP contribution in [0.3, 0.4) is 0 Å². The molecule has 1 atom stereocenters. The van der Waals surface area contributed by atoms with Gasteiger partial charge in [0.05, 0.1) is 34.8 Å². The van der Waals surface area contributed by atoms with Crippen LogP contribution in [0.4, 0.5) is 5.82 Å². The molecule has 4 heterocycles. The van der Waals surface area contributed by atoms with Crippen molar-refractivity contribution in [3.05, 3.63) is 39.8 Å². The Kier molecular flexibility index (Phi) is 6.53. The lowest BCUT2D eigenvalue weighted by Gasteiger charge is -2.43. The molecule has 0 amide bonds. The molecule has 3 aromatic rings. The summed E-state index contributed by atoms with van der Waals surface area (Å²) in [4.78, 5) is 11.0. The highest BCUT2D eigenvalue weighted by Crippen LogP contribution is 2.44. The van der Waals surface area contributed by atoms with E-state index in [9.17, 15) is 5.26 Å². The lowest BCUT2D eigenvalue weighted by atomic mass is 9.84. The van der Waals surface area contributed by atoms with Crippen molar-refractivity contribution in [2.24, 2.45) is 5.92 Å². The number of aromatic nitrogens is 4. The molecule has 0 unspecified atom stereocenters. The fourth-order valence-corrected chi connectivity index (χ4v) is 5.74. The molecule has 0 spiro atoms. The van der Waals surface area contributed by atoms with Gasteiger partial charge in [-0.2, -0.15) is 10.4 Å². The van der Waals surface area contributed by atoms with Crippen molar-refractivity contribution in [2.75, 3.05) is 45.7 Å². The van der Waals surface area contributed by atoms with Crippen molar-refractivity contribution >= 4 is 28.5 Å². The van der Waals surface area contributed by atoms with E-state index in [0.29, 0.717) is 33.7 Å². The lowest BCUT2D eigenvalue weighted by Crippen LogP contribution is -2.48. The fourth-order valence-electron chi connectivity index (χ4n) is 5.48. The van der Waals surface area contributed by atoms with Crippen LogP contribution >= 0.6 is 11.6 Å². The van der Waals surface area contributed by atoms with Gasteiger partial charge in [-0.25, -0.2) is 14.6 Å². The van der Waals surface area contributed by atoms with E-state index in [2.05, 4.69) is 20.9 Å². The number of aryl methyl sites for hydroxylation is 1. The lowest BCUT2D eigenvalue weighted by molar-refractivity contribution is 0.0368.